The predicted molar refractivity (Wildman–Crippen MR) is 233 cm³/mol. The molecule has 0 bridgehead atoms. The Bertz CT molecular complexity index is 1930. The van der Waals surface area contributed by atoms with Gasteiger partial charge in [0.1, 0.15) is 24.7 Å². The summed E-state index contributed by atoms with van der Waals surface area (Å²) in [6, 6.07) is 21.0. The first-order chi connectivity index (χ1) is 28.0. The molecule has 57 heavy (non-hydrogen) atoms. The predicted octanol–water partition coefficient (Wildman–Crippen LogP) is 8.32. The minimum Gasteiger partial charge on any atom is -0.488 e. The fourth-order valence-corrected chi connectivity index (χ4v) is 8.09. The van der Waals surface area contributed by atoms with Crippen molar-refractivity contribution in [1.29, 1.82) is 0 Å². The number of allylic oxidation sites excluding steroid dienone is 3. The third kappa shape index (κ3) is 11.2. The molecule has 2 saturated heterocycles. The summed E-state index contributed by atoms with van der Waals surface area (Å²) in [5.41, 5.74) is 9.49. The molecule has 304 valence electrons. The number of aliphatic hydroxyl groups is 1. The van der Waals surface area contributed by atoms with Crippen LogP contribution < -0.4 is 14.8 Å². The highest BCUT2D eigenvalue weighted by Crippen LogP contribution is 2.41. The molecule has 0 saturated carbocycles. The minimum absolute atomic E-state index is 0.0804. The summed E-state index contributed by atoms with van der Waals surface area (Å²) in [6.45, 7) is 22.3. The smallest absolute Gasteiger partial charge is 0.126 e. The van der Waals surface area contributed by atoms with Crippen molar-refractivity contribution >= 4 is 11.6 Å². The molecule has 0 aliphatic carbocycles. The van der Waals surface area contributed by atoms with E-state index in [9.17, 15) is 0 Å². The van der Waals surface area contributed by atoms with E-state index in [1.165, 1.54) is 28.7 Å². The minimum atomic E-state index is 0.0804. The van der Waals surface area contributed by atoms with Crippen molar-refractivity contribution in [1.82, 2.24) is 30.0 Å². The molecule has 0 spiro atoms. The maximum atomic E-state index is 7.00. The van der Waals surface area contributed by atoms with E-state index in [-0.39, 0.29) is 12.1 Å². The van der Waals surface area contributed by atoms with Crippen LogP contribution in [0.15, 0.2) is 110 Å². The van der Waals surface area contributed by atoms with E-state index in [4.69, 9.17) is 36.1 Å². The number of nitrogens with zero attached hydrogens (tertiary/aromatic N) is 5. The molecule has 2 unspecified atom stereocenters. The van der Waals surface area contributed by atoms with Gasteiger partial charge >= 0.3 is 0 Å². The summed E-state index contributed by atoms with van der Waals surface area (Å²) in [6.07, 6.45) is 13.2. The lowest BCUT2D eigenvalue weighted by molar-refractivity contribution is 0.114. The van der Waals surface area contributed by atoms with Crippen molar-refractivity contribution in [2.24, 2.45) is 0 Å². The molecule has 4 aliphatic rings. The summed E-state index contributed by atoms with van der Waals surface area (Å²) >= 11 is 6.26. The molecular weight excluding hydrogens is 732 g/mol. The topological polar surface area (TPSA) is 86.2 Å². The highest BCUT2D eigenvalue weighted by molar-refractivity contribution is 6.30. The Hall–Kier alpha value is -4.35. The second-order valence-corrected chi connectivity index (χ2v) is 14.6. The molecule has 9 nitrogen and oxygen atoms in total. The quantitative estimate of drug-likeness (QED) is 0.187. The first-order valence-corrected chi connectivity index (χ1v) is 20.7. The maximum Gasteiger partial charge on any atom is 0.126 e. The Morgan fingerprint density at radius 3 is 2.04 bits per heavy atom. The first-order valence-electron chi connectivity index (χ1n) is 20.4. The Morgan fingerprint density at radius 1 is 0.825 bits per heavy atom. The highest BCUT2D eigenvalue weighted by Gasteiger charge is 2.34. The lowest BCUT2D eigenvalue weighted by Crippen LogP contribution is -2.48. The molecule has 8 rings (SSSR count). The van der Waals surface area contributed by atoms with E-state index < -0.39 is 0 Å². The number of piperazine rings is 1. The maximum absolute atomic E-state index is 7.00. The fourth-order valence-electron chi connectivity index (χ4n) is 7.92. The standard InChI is InChI=1S/C25H28ClN3O.C19H23N3O.C2H6.CH4O/c1-3-6-19(7-4-2)17-28-12-14-29(15-13-28)25-22-10-9-21(26)16-23(22)30-18-20-8-5-11-27-24(20)25;1-14-5-6-16-17(12-14)23-13-15-4-2-8-21-18(15)19(16)22-10-3-7-20-9-11-22;2*1-2/h3-11,16,25H,1,12-15,17-18H2,2H3;2,4-6,8,12,19-20H,3,7,9-11,13H2,1H3;1-2H3;2H,1H3/b7-4-,19-6+;;;. The zero-order valence-electron chi connectivity index (χ0n) is 34.5. The van der Waals surface area contributed by atoms with Gasteiger partial charge < -0.3 is 19.9 Å². The number of halogens is 1. The molecule has 6 heterocycles. The first kappa shape index (κ1) is 43.8. The van der Waals surface area contributed by atoms with Gasteiger partial charge in [-0.25, -0.2) is 0 Å². The van der Waals surface area contributed by atoms with Crippen LogP contribution in [0.3, 0.4) is 0 Å². The third-order valence-corrected chi connectivity index (χ3v) is 10.7. The summed E-state index contributed by atoms with van der Waals surface area (Å²) in [7, 11) is 1.00. The van der Waals surface area contributed by atoms with Gasteiger partial charge in [-0.1, -0.05) is 86.7 Å². The zero-order valence-corrected chi connectivity index (χ0v) is 35.2. The van der Waals surface area contributed by atoms with Crippen molar-refractivity contribution in [2.75, 3.05) is 66.0 Å². The molecule has 10 heteroatoms. The van der Waals surface area contributed by atoms with Gasteiger partial charge in [0.15, 0.2) is 0 Å². The van der Waals surface area contributed by atoms with E-state index in [0.717, 1.165) is 100 Å². The molecule has 0 amide bonds. The van der Waals surface area contributed by atoms with Gasteiger partial charge in [0.2, 0.25) is 0 Å². The number of hydrogen-bond acceptors (Lipinski definition) is 9. The van der Waals surface area contributed by atoms with Crippen molar-refractivity contribution in [3.63, 3.8) is 0 Å². The largest absolute Gasteiger partial charge is 0.488 e. The van der Waals surface area contributed by atoms with Crippen molar-refractivity contribution in [2.45, 2.75) is 59.4 Å². The van der Waals surface area contributed by atoms with Crippen LogP contribution in [-0.2, 0) is 13.2 Å². The molecular formula is C47H61ClN6O3. The number of pyridine rings is 2. The lowest BCUT2D eigenvalue weighted by atomic mass is 9.97. The zero-order chi connectivity index (χ0) is 40.6. The van der Waals surface area contributed by atoms with Crippen LogP contribution in [0.5, 0.6) is 11.5 Å². The number of ether oxygens (including phenoxy) is 2. The van der Waals surface area contributed by atoms with Crippen molar-refractivity contribution in [3.8, 4) is 11.5 Å². The van der Waals surface area contributed by atoms with Gasteiger partial charge in [0.05, 0.1) is 23.5 Å². The van der Waals surface area contributed by atoms with E-state index in [1.807, 2.05) is 56.6 Å². The molecule has 2 fully saturated rings. The van der Waals surface area contributed by atoms with Crippen LogP contribution in [0.1, 0.15) is 78.5 Å². The van der Waals surface area contributed by atoms with E-state index in [2.05, 4.69) is 95.1 Å². The molecule has 2 aromatic carbocycles. The van der Waals surface area contributed by atoms with Crippen LogP contribution >= 0.6 is 11.6 Å². The molecule has 2 aromatic heterocycles. The summed E-state index contributed by atoms with van der Waals surface area (Å²) < 4.78 is 12.2. The van der Waals surface area contributed by atoms with Gasteiger partial charge in [-0.2, -0.15) is 0 Å². The van der Waals surface area contributed by atoms with Crippen LogP contribution in [0.25, 0.3) is 0 Å². The van der Waals surface area contributed by atoms with Crippen molar-refractivity contribution in [3.05, 3.63) is 154 Å². The van der Waals surface area contributed by atoms with E-state index >= 15 is 0 Å². The highest BCUT2D eigenvalue weighted by atomic mass is 35.5. The van der Waals surface area contributed by atoms with Crippen LogP contribution in [0.2, 0.25) is 5.02 Å². The number of rotatable bonds is 6. The third-order valence-electron chi connectivity index (χ3n) is 10.5. The molecule has 4 aromatic rings. The number of benzene rings is 2. The Balaban J connectivity index is 0.000000206. The van der Waals surface area contributed by atoms with Crippen LogP contribution in [0.4, 0.5) is 0 Å². The van der Waals surface area contributed by atoms with Gasteiger partial charge in [-0.3, -0.25) is 24.7 Å². The molecule has 2 N–H and O–H groups in total. The Morgan fingerprint density at radius 2 is 1.42 bits per heavy atom. The SMILES string of the molecule is C=C/C=C(\C=C/C)CN1CCN(C2c3ccc(Cl)cc3OCc3cccnc32)CC1.CC.CO.Cc1ccc2c(c1)OCc1cccnc1C2N1CCCNCC1. The van der Waals surface area contributed by atoms with E-state index in [1.54, 1.807) is 0 Å². The number of fused-ring (bicyclic) bond motifs is 4. The average Bonchev–Trinajstić information content (AvgIpc) is 3.68. The Kier molecular flexibility index (Phi) is 17.3. The number of aryl methyl sites for hydroxylation is 1. The van der Waals surface area contributed by atoms with Crippen molar-refractivity contribution < 1.29 is 14.6 Å². The second-order valence-electron chi connectivity index (χ2n) is 14.1. The number of aliphatic hydroxyl groups excluding tert-OH is 1. The van der Waals surface area contributed by atoms with Crippen LogP contribution in [-0.4, -0.2) is 95.8 Å². The van der Waals surface area contributed by atoms with Gasteiger partial charge in [0.25, 0.3) is 0 Å². The van der Waals surface area contributed by atoms with Crippen LogP contribution in [0, 0.1) is 6.92 Å². The monoisotopic (exact) mass is 792 g/mol. The number of nitrogens with one attached hydrogen (secondary N) is 1. The summed E-state index contributed by atoms with van der Waals surface area (Å²) in [5.74, 6) is 1.86. The number of aromatic nitrogens is 2. The van der Waals surface area contributed by atoms with Gasteiger partial charge in [-0.05, 0) is 68.3 Å². The lowest BCUT2D eigenvalue weighted by Gasteiger charge is -2.39. The average molecular weight is 793 g/mol. The van der Waals surface area contributed by atoms with Gasteiger partial charge in [0, 0.05) is 99.1 Å². The molecule has 0 radical (unpaired) electrons. The number of hydrogen-bond donors (Lipinski definition) is 2. The van der Waals surface area contributed by atoms with Gasteiger partial charge in [-0.15, -0.1) is 0 Å². The second kappa shape index (κ2) is 22.6. The summed E-state index contributed by atoms with van der Waals surface area (Å²) in [4.78, 5) is 17.1. The molecule has 4 aliphatic heterocycles. The fraction of sp³-hybridized carbons (Fsp3) is 0.404. The Labute approximate surface area is 345 Å². The van der Waals surface area contributed by atoms with E-state index in [0.29, 0.717) is 18.2 Å². The molecule has 2 atom stereocenters. The normalized spacial score (nSPS) is 19.6. The summed E-state index contributed by atoms with van der Waals surface area (Å²) in [5, 5.41) is 11.2.